The van der Waals surface area contributed by atoms with Gasteiger partial charge in [-0.15, -0.1) is 11.6 Å². The number of rotatable bonds is 3. The molecular formula is C11H20ClNO3S. The fourth-order valence-electron chi connectivity index (χ4n) is 1.91. The quantitative estimate of drug-likeness (QED) is 0.733. The van der Waals surface area contributed by atoms with Crippen molar-refractivity contribution in [2.24, 2.45) is 5.92 Å². The second-order valence-corrected chi connectivity index (χ2v) is 8.07. The van der Waals surface area contributed by atoms with Crippen LogP contribution in [-0.4, -0.2) is 49.2 Å². The number of alkyl halides is 1. The number of halogens is 1. The Morgan fingerprint density at radius 3 is 2.53 bits per heavy atom. The zero-order chi connectivity index (χ0) is 13.3. The Labute approximate surface area is 108 Å². The van der Waals surface area contributed by atoms with E-state index in [1.165, 1.54) is 13.8 Å². The lowest BCUT2D eigenvalue weighted by Crippen LogP contribution is -2.52. The Kier molecular flexibility index (Phi) is 4.47. The van der Waals surface area contributed by atoms with Gasteiger partial charge in [-0.25, -0.2) is 8.42 Å². The van der Waals surface area contributed by atoms with Gasteiger partial charge in [0.05, 0.1) is 0 Å². The Balaban J connectivity index is 2.83. The van der Waals surface area contributed by atoms with E-state index < -0.39 is 14.6 Å². The smallest absolute Gasteiger partial charge is 0.243 e. The third kappa shape index (κ3) is 3.13. The largest absolute Gasteiger partial charge is 0.341 e. The van der Waals surface area contributed by atoms with E-state index in [-0.39, 0.29) is 11.8 Å². The molecule has 1 aliphatic heterocycles. The molecule has 0 aromatic rings. The van der Waals surface area contributed by atoms with Crippen LogP contribution in [0, 0.1) is 5.92 Å². The van der Waals surface area contributed by atoms with E-state index in [9.17, 15) is 13.2 Å². The van der Waals surface area contributed by atoms with Gasteiger partial charge in [-0.05, 0) is 32.6 Å². The summed E-state index contributed by atoms with van der Waals surface area (Å²) in [5, 5.41) is 0. The van der Waals surface area contributed by atoms with E-state index >= 15 is 0 Å². The van der Waals surface area contributed by atoms with Gasteiger partial charge < -0.3 is 4.90 Å². The van der Waals surface area contributed by atoms with Crippen LogP contribution < -0.4 is 0 Å². The van der Waals surface area contributed by atoms with Crippen molar-refractivity contribution in [3.63, 3.8) is 0 Å². The average Bonchev–Trinajstić information content (AvgIpc) is 2.26. The molecule has 0 bridgehead atoms. The van der Waals surface area contributed by atoms with E-state index in [1.54, 1.807) is 4.90 Å². The molecule has 0 aromatic carbocycles. The molecule has 1 aliphatic rings. The minimum Gasteiger partial charge on any atom is -0.341 e. The first-order chi connectivity index (χ1) is 7.70. The van der Waals surface area contributed by atoms with Crippen LogP contribution in [0.1, 0.15) is 26.7 Å². The average molecular weight is 282 g/mol. The molecule has 1 rings (SSSR count). The minimum absolute atomic E-state index is 0.282. The molecule has 100 valence electrons. The molecule has 1 fully saturated rings. The van der Waals surface area contributed by atoms with Crippen molar-refractivity contribution in [2.45, 2.75) is 31.4 Å². The molecule has 0 N–H and O–H groups in total. The van der Waals surface area contributed by atoms with Crippen LogP contribution in [-0.2, 0) is 14.6 Å². The normalized spacial score (nSPS) is 22.6. The highest BCUT2D eigenvalue weighted by atomic mass is 35.5. The number of nitrogens with zero attached hydrogens (tertiary/aromatic N) is 1. The number of sulfone groups is 1. The van der Waals surface area contributed by atoms with E-state index in [4.69, 9.17) is 11.6 Å². The summed E-state index contributed by atoms with van der Waals surface area (Å²) >= 11 is 5.80. The monoisotopic (exact) mass is 281 g/mol. The third-order valence-electron chi connectivity index (χ3n) is 3.47. The van der Waals surface area contributed by atoms with Crippen LogP contribution in [0.25, 0.3) is 0 Å². The summed E-state index contributed by atoms with van der Waals surface area (Å²) < 4.78 is 21.9. The van der Waals surface area contributed by atoms with Crippen LogP contribution in [0.3, 0.4) is 0 Å². The summed E-state index contributed by atoms with van der Waals surface area (Å²) in [6, 6.07) is 0. The zero-order valence-electron chi connectivity index (χ0n) is 10.6. The summed E-state index contributed by atoms with van der Waals surface area (Å²) in [6.07, 6.45) is 3.00. The van der Waals surface area contributed by atoms with Crippen LogP contribution in [0.4, 0.5) is 0 Å². The summed E-state index contributed by atoms with van der Waals surface area (Å²) in [7, 11) is -3.40. The number of piperidine rings is 1. The molecule has 1 unspecified atom stereocenters. The highest BCUT2D eigenvalue weighted by molar-refractivity contribution is 7.92. The van der Waals surface area contributed by atoms with Gasteiger partial charge in [0, 0.05) is 25.2 Å². The lowest BCUT2D eigenvalue weighted by molar-refractivity contribution is -0.134. The number of carbonyl (C=O) groups excluding carboxylic acids is 1. The fraction of sp³-hybridized carbons (Fsp3) is 0.909. The van der Waals surface area contributed by atoms with Crippen molar-refractivity contribution in [3.8, 4) is 0 Å². The van der Waals surface area contributed by atoms with Crippen LogP contribution in [0.2, 0.25) is 0 Å². The summed E-state index contributed by atoms with van der Waals surface area (Å²) in [4.78, 5) is 13.9. The molecule has 1 heterocycles. The van der Waals surface area contributed by atoms with Gasteiger partial charge in [0.2, 0.25) is 5.91 Å². The summed E-state index contributed by atoms with van der Waals surface area (Å²) in [5.41, 5.74) is 0. The molecule has 1 saturated heterocycles. The van der Waals surface area contributed by atoms with Crippen molar-refractivity contribution in [2.75, 3.05) is 25.2 Å². The van der Waals surface area contributed by atoms with Gasteiger partial charge in [-0.2, -0.15) is 0 Å². The highest BCUT2D eigenvalue weighted by Crippen LogP contribution is 2.24. The van der Waals surface area contributed by atoms with E-state index in [0.29, 0.717) is 19.0 Å². The summed E-state index contributed by atoms with van der Waals surface area (Å²) in [6.45, 7) is 4.14. The van der Waals surface area contributed by atoms with Crippen molar-refractivity contribution in [1.82, 2.24) is 4.90 Å². The topological polar surface area (TPSA) is 54.5 Å². The number of hydrogen-bond donors (Lipinski definition) is 0. The summed E-state index contributed by atoms with van der Waals surface area (Å²) in [5.74, 6) is 0.489. The van der Waals surface area contributed by atoms with Gasteiger partial charge in [0.25, 0.3) is 0 Å². The predicted octanol–water partition coefficient (Wildman–Crippen LogP) is 1.29. The van der Waals surface area contributed by atoms with Crippen molar-refractivity contribution in [3.05, 3.63) is 0 Å². The molecular weight excluding hydrogens is 262 g/mol. The van der Waals surface area contributed by atoms with Gasteiger partial charge >= 0.3 is 0 Å². The molecule has 0 saturated carbocycles. The third-order valence-corrected chi connectivity index (χ3v) is 5.93. The molecule has 4 nitrogen and oxygen atoms in total. The molecule has 17 heavy (non-hydrogen) atoms. The van der Waals surface area contributed by atoms with Crippen molar-refractivity contribution in [1.29, 1.82) is 0 Å². The Morgan fingerprint density at radius 1 is 1.47 bits per heavy atom. The lowest BCUT2D eigenvalue weighted by atomic mass is 9.98. The molecule has 0 spiro atoms. The maximum Gasteiger partial charge on any atom is 0.243 e. The number of amides is 1. The van der Waals surface area contributed by atoms with Crippen molar-refractivity contribution < 1.29 is 13.2 Å². The minimum atomic E-state index is -3.40. The molecule has 0 aliphatic carbocycles. The first kappa shape index (κ1) is 14.8. The van der Waals surface area contributed by atoms with Crippen LogP contribution >= 0.6 is 11.6 Å². The van der Waals surface area contributed by atoms with Gasteiger partial charge in [0.15, 0.2) is 9.84 Å². The zero-order valence-corrected chi connectivity index (χ0v) is 12.1. The Morgan fingerprint density at radius 2 is 2.06 bits per heavy atom. The van der Waals surface area contributed by atoms with Gasteiger partial charge in [-0.3, -0.25) is 4.79 Å². The Hall–Kier alpha value is -0.290. The second-order valence-electron chi connectivity index (χ2n) is 5.20. The molecule has 0 aromatic heterocycles. The number of carbonyl (C=O) groups is 1. The maximum absolute atomic E-state index is 12.2. The number of likely N-dealkylation sites (tertiary alicyclic amines) is 1. The highest BCUT2D eigenvalue weighted by Gasteiger charge is 2.42. The van der Waals surface area contributed by atoms with Crippen molar-refractivity contribution >= 4 is 27.3 Å². The van der Waals surface area contributed by atoms with Gasteiger partial charge in [0.1, 0.15) is 4.75 Å². The molecule has 6 heteroatoms. The first-order valence-electron chi connectivity index (χ1n) is 5.75. The van der Waals surface area contributed by atoms with Crippen LogP contribution in [0.15, 0.2) is 0 Å². The molecule has 0 radical (unpaired) electrons. The SMILES string of the molecule is CC(C)(C(=O)N1CCCC(CCl)C1)S(C)(=O)=O. The molecule has 1 atom stereocenters. The number of hydrogen-bond acceptors (Lipinski definition) is 3. The maximum atomic E-state index is 12.2. The predicted molar refractivity (Wildman–Crippen MR) is 68.9 cm³/mol. The van der Waals surface area contributed by atoms with E-state index in [2.05, 4.69) is 0 Å². The van der Waals surface area contributed by atoms with E-state index in [1.807, 2.05) is 0 Å². The standard InChI is InChI=1S/C11H20ClNO3S/c1-11(2,17(3,15)16)10(14)13-6-4-5-9(7-12)8-13/h9H,4-8H2,1-3H3. The van der Waals surface area contributed by atoms with Crippen LogP contribution in [0.5, 0.6) is 0 Å². The first-order valence-corrected chi connectivity index (χ1v) is 8.17. The molecule has 1 amide bonds. The van der Waals surface area contributed by atoms with Gasteiger partial charge in [-0.1, -0.05) is 0 Å². The van der Waals surface area contributed by atoms with E-state index in [0.717, 1.165) is 19.1 Å². The fourth-order valence-corrected chi connectivity index (χ4v) is 2.61. The second kappa shape index (κ2) is 5.14. The lowest BCUT2D eigenvalue weighted by Gasteiger charge is -2.36. The Bertz CT molecular complexity index is 392.